The van der Waals surface area contributed by atoms with Gasteiger partial charge in [0.1, 0.15) is 11.0 Å². The van der Waals surface area contributed by atoms with Gasteiger partial charge in [-0.1, -0.05) is 18.2 Å². The maximum Gasteiger partial charge on any atom is 0.131 e. The van der Waals surface area contributed by atoms with E-state index in [0.717, 1.165) is 24.4 Å². The smallest absolute Gasteiger partial charge is 0.131 e. The van der Waals surface area contributed by atoms with E-state index in [0.29, 0.717) is 5.17 Å². The van der Waals surface area contributed by atoms with Gasteiger partial charge < -0.3 is 0 Å². The molecule has 0 amide bonds. The minimum Gasteiger partial charge on any atom is -0.232 e. The summed E-state index contributed by atoms with van der Waals surface area (Å²) in [5.74, 6) is 0.953. The van der Waals surface area contributed by atoms with Crippen molar-refractivity contribution < 1.29 is 0 Å². The van der Waals surface area contributed by atoms with E-state index in [4.69, 9.17) is 11.6 Å². The van der Waals surface area contributed by atoms with Crippen LogP contribution in [0.2, 0.25) is 0 Å². The summed E-state index contributed by atoms with van der Waals surface area (Å²) in [6.07, 6.45) is 5.17. The van der Waals surface area contributed by atoms with Crippen LogP contribution < -0.4 is 0 Å². The molecule has 0 spiro atoms. The van der Waals surface area contributed by atoms with Crippen LogP contribution in [0.25, 0.3) is 6.08 Å². The molecule has 0 saturated carbocycles. The number of aromatic nitrogens is 2. The molecule has 0 atom stereocenters. The van der Waals surface area contributed by atoms with Crippen molar-refractivity contribution >= 4 is 22.8 Å². The van der Waals surface area contributed by atoms with Gasteiger partial charge in [0.05, 0.1) is 11.9 Å². The highest BCUT2D eigenvalue weighted by molar-refractivity contribution is 6.65. The zero-order valence-corrected chi connectivity index (χ0v) is 7.25. The summed E-state index contributed by atoms with van der Waals surface area (Å²) in [5, 5.41) is 4.74. The third-order valence-electron chi connectivity index (χ3n) is 1.76. The largest absolute Gasteiger partial charge is 0.232 e. The highest BCUT2D eigenvalue weighted by Crippen LogP contribution is 2.13. The van der Waals surface area contributed by atoms with Gasteiger partial charge in [0, 0.05) is 12.8 Å². The van der Waals surface area contributed by atoms with Crippen molar-refractivity contribution in [1.29, 1.82) is 0 Å². The molecule has 0 N–H and O–H groups in total. The molecule has 0 fully saturated rings. The van der Waals surface area contributed by atoms with E-state index in [1.54, 1.807) is 10.8 Å². The lowest BCUT2D eigenvalue weighted by atomic mass is 10.3. The number of nitrogens with zero attached hydrogens (tertiary/aromatic N) is 3. The van der Waals surface area contributed by atoms with Gasteiger partial charge in [-0.3, -0.25) is 0 Å². The van der Waals surface area contributed by atoms with Crippen LogP contribution in [0.5, 0.6) is 0 Å². The SMILES string of the molecule is C=Cc1cn2c(n1)CCC(Cl)=N2. The third-order valence-corrected chi connectivity index (χ3v) is 2.02. The van der Waals surface area contributed by atoms with Crippen LogP contribution in [-0.4, -0.2) is 14.8 Å². The minimum absolute atomic E-state index is 0.635. The highest BCUT2D eigenvalue weighted by atomic mass is 35.5. The minimum atomic E-state index is 0.635. The Balaban J connectivity index is 2.48. The average Bonchev–Trinajstić information content (AvgIpc) is 2.46. The molecule has 3 nitrogen and oxygen atoms in total. The van der Waals surface area contributed by atoms with E-state index in [-0.39, 0.29) is 0 Å². The second-order valence-corrected chi connectivity index (χ2v) is 3.04. The second kappa shape index (κ2) is 2.75. The first-order valence-electron chi connectivity index (χ1n) is 3.73. The van der Waals surface area contributed by atoms with E-state index in [9.17, 15) is 0 Å². The monoisotopic (exact) mass is 181 g/mol. The fraction of sp³-hybridized carbons (Fsp3) is 0.250. The summed E-state index contributed by atoms with van der Waals surface area (Å²) in [5.41, 5.74) is 0.847. The van der Waals surface area contributed by atoms with Crippen molar-refractivity contribution in [2.24, 2.45) is 5.10 Å². The van der Waals surface area contributed by atoms with Gasteiger partial charge in [-0.2, -0.15) is 5.10 Å². The van der Waals surface area contributed by atoms with Gasteiger partial charge in [-0.15, -0.1) is 0 Å². The van der Waals surface area contributed by atoms with Crippen molar-refractivity contribution in [2.75, 3.05) is 0 Å². The van der Waals surface area contributed by atoms with E-state index >= 15 is 0 Å². The van der Waals surface area contributed by atoms with E-state index in [2.05, 4.69) is 16.7 Å². The third kappa shape index (κ3) is 1.16. The van der Waals surface area contributed by atoms with Crippen LogP contribution in [-0.2, 0) is 6.42 Å². The predicted octanol–water partition coefficient (Wildman–Crippen LogP) is 1.87. The van der Waals surface area contributed by atoms with Crippen molar-refractivity contribution in [2.45, 2.75) is 12.8 Å². The van der Waals surface area contributed by atoms with Gasteiger partial charge in [-0.05, 0) is 6.08 Å². The number of hydrogen-bond donors (Lipinski definition) is 0. The average molecular weight is 182 g/mol. The Morgan fingerprint density at radius 1 is 1.58 bits per heavy atom. The number of fused-ring (bicyclic) bond motifs is 1. The fourth-order valence-corrected chi connectivity index (χ4v) is 1.34. The zero-order chi connectivity index (χ0) is 8.55. The van der Waals surface area contributed by atoms with Crippen molar-refractivity contribution in [3.8, 4) is 0 Å². The molecule has 12 heavy (non-hydrogen) atoms. The first-order chi connectivity index (χ1) is 5.79. The Labute approximate surface area is 75.4 Å². The number of hydrogen-bond acceptors (Lipinski definition) is 2. The maximum absolute atomic E-state index is 5.77. The molecular formula is C8H8ClN3. The van der Waals surface area contributed by atoms with Crippen molar-refractivity contribution in [1.82, 2.24) is 9.66 Å². The van der Waals surface area contributed by atoms with Crippen LogP contribution in [0, 0.1) is 0 Å². The van der Waals surface area contributed by atoms with Crippen LogP contribution in [0.4, 0.5) is 0 Å². The van der Waals surface area contributed by atoms with Gasteiger partial charge in [0.25, 0.3) is 0 Å². The van der Waals surface area contributed by atoms with E-state index in [1.807, 2.05) is 6.20 Å². The zero-order valence-electron chi connectivity index (χ0n) is 6.50. The van der Waals surface area contributed by atoms with Crippen molar-refractivity contribution in [3.63, 3.8) is 0 Å². The maximum atomic E-state index is 5.77. The van der Waals surface area contributed by atoms with E-state index < -0.39 is 0 Å². The Morgan fingerprint density at radius 2 is 2.42 bits per heavy atom. The molecule has 4 heteroatoms. The first kappa shape index (κ1) is 7.55. The lowest BCUT2D eigenvalue weighted by Gasteiger charge is -2.07. The molecule has 2 heterocycles. The van der Waals surface area contributed by atoms with Gasteiger partial charge in [-0.25, -0.2) is 9.66 Å². The molecule has 0 saturated heterocycles. The topological polar surface area (TPSA) is 30.2 Å². The van der Waals surface area contributed by atoms with Crippen LogP contribution in [0.1, 0.15) is 17.9 Å². The molecular weight excluding hydrogens is 174 g/mol. The molecule has 1 aromatic heterocycles. The summed E-state index contributed by atoms with van der Waals surface area (Å²) < 4.78 is 1.71. The highest BCUT2D eigenvalue weighted by Gasteiger charge is 2.11. The molecule has 0 unspecified atom stereocenters. The molecule has 0 bridgehead atoms. The predicted molar refractivity (Wildman–Crippen MR) is 49.3 cm³/mol. The van der Waals surface area contributed by atoms with Crippen LogP contribution in [0.3, 0.4) is 0 Å². The Kier molecular flexibility index (Phi) is 1.73. The Hall–Kier alpha value is -1.09. The summed E-state index contributed by atoms with van der Waals surface area (Å²) in [4.78, 5) is 4.28. The molecule has 0 aromatic carbocycles. The molecule has 1 aromatic rings. The van der Waals surface area contributed by atoms with Gasteiger partial charge in [0.15, 0.2) is 0 Å². The van der Waals surface area contributed by atoms with Crippen LogP contribution >= 0.6 is 11.6 Å². The lowest BCUT2D eigenvalue weighted by molar-refractivity contribution is 0.737. The van der Waals surface area contributed by atoms with Gasteiger partial charge in [0.2, 0.25) is 0 Å². The normalized spacial score (nSPS) is 15.2. The molecule has 62 valence electrons. The van der Waals surface area contributed by atoms with Gasteiger partial charge >= 0.3 is 0 Å². The number of imidazole rings is 1. The molecule has 2 rings (SSSR count). The summed E-state index contributed by atoms with van der Waals surface area (Å²) >= 11 is 5.77. The van der Waals surface area contributed by atoms with Crippen molar-refractivity contribution in [3.05, 3.63) is 24.3 Å². The number of halogens is 1. The first-order valence-corrected chi connectivity index (χ1v) is 4.11. The Morgan fingerprint density at radius 3 is 3.17 bits per heavy atom. The fourth-order valence-electron chi connectivity index (χ4n) is 1.17. The second-order valence-electron chi connectivity index (χ2n) is 2.61. The molecule has 0 radical (unpaired) electrons. The number of aryl methyl sites for hydroxylation is 1. The van der Waals surface area contributed by atoms with Crippen LogP contribution in [0.15, 0.2) is 17.9 Å². The summed E-state index contributed by atoms with van der Waals surface area (Å²) in [6, 6.07) is 0. The molecule has 0 aliphatic carbocycles. The summed E-state index contributed by atoms with van der Waals surface area (Å²) in [7, 11) is 0. The molecule has 1 aliphatic heterocycles. The van der Waals surface area contributed by atoms with E-state index in [1.165, 1.54) is 0 Å². The summed E-state index contributed by atoms with van der Waals surface area (Å²) in [6.45, 7) is 3.64. The quantitative estimate of drug-likeness (QED) is 0.651. The lowest BCUT2D eigenvalue weighted by Crippen LogP contribution is -2.08. The standard InChI is InChI=1S/C8H8ClN3/c1-2-6-5-12-8(10-6)4-3-7(9)11-12/h2,5H,1,3-4H2. The Bertz CT molecular complexity index is 351. The molecule has 1 aliphatic rings. The number of rotatable bonds is 1.